The van der Waals surface area contributed by atoms with E-state index in [0.29, 0.717) is 0 Å². The predicted octanol–water partition coefficient (Wildman–Crippen LogP) is 3.27. The molecule has 1 aromatic heterocycles. The van der Waals surface area contributed by atoms with Crippen molar-refractivity contribution in [3.63, 3.8) is 0 Å². The van der Waals surface area contributed by atoms with Crippen LogP contribution in [0.3, 0.4) is 0 Å². The molecule has 1 rings (SSSR count). The maximum absolute atomic E-state index is 5.99. The first-order valence-corrected chi connectivity index (χ1v) is 4.23. The lowest BCUT2D eigenvalue weighted by Gasteiger charge is -2.24. The Hall–Kier alpha value is -0.760. The topological polar surface area (TPSA) is 39.2 Å². The maximum atomic E-state index is 5.99. The Morgan fingerprint density at radius 1 is 1.31 bits per heavy atom. The van der Waals surface area contributed by atoms with Gasteiger partial charge >= 0.3 is 0 Å². The molecule has 1 heterocycles. The minimum atomic E-state index is -0.0220. The van der Waals surface area contributed by atoms with Gasteiger partial charge in [0.15, 0.2) is 0 Å². The van der Waals surface area contributed by atoms with Gasteiger partial charge in [-0.2, -0.15) is 0 Å². The van der Waals surface area contributed by atoms with Crippen LogP contribution in [0.1, 0.15) is 45.8 Å². The van der Waals surface area contributed by atoms with Crippen molar-refractivity contribution in [1.82, 2.24) is 0 Å². The van der Waals surface area contributed by atoms with Crippen molar-refractivity contribution in [2.45, 2.75) is 41.2 Å². The van der Waals surface area contributed by atoms with E-state index in [1.54, 1.807) is 0 Å². The lowest BCUT2D eigenvalue weighted by molar-refractivity contribution is 0.282. The lowest BCUT2D eigenvalue weighted by Crippen LogP contribution is -2.25. The molecule has 2 N–H and O–H groups in total. The summed E-state index contributed by atoms with van der Waals surface area (Å²) in [6.45, 7) is 8.25. The molecular formula is C11H21NO. The molecule has 0 saturated heterocycles. The Kier molecular flexibility index (Phi) is 3.73. The van der Waals surface area contributed by atoms with E-state index in [4.69, 9.17) is 10.2 Å². The van der Waals surface area contributed by atoms with Crippen molar-refractivity contribution in [3.8, 4) is 0 Å². The summed E-state index contributed by atoms with van der Waals surface area (Å²) in [5.41, 5.74) is 6.05. The average molecular weight is 183 g/mol. The highest BCUT2D eigenvalue weighted by Crippen LogP contribution is 2.30. The van der Waals surface area contributed by atoms with Gasteiger partial charge in [-0.3, -0.25) is 0 Å². The molecule has 2 heteroatoms. The number of hydrogen-bond donors (Lipinski definition) is 1. The fraction of sp³-hybridized carbons (Fsp3) is 0.636. The van der Waals surface area contributed by atoms with Crippen molar-refractivity contribution >= 4 is 0 Å². The van der Waals surface area contributed by atoms with Gasteiger partial charge in [0.1, 0.15) is 11.5 Å². The quantitative estimate of drug-likeness (QED) is 0.725. The average Bonchev–Trinajstić information content (AvgIpc) is 2.32. The van der Waals surface area contributed by atoms with E-state index in [0.717, 1.165) is 11.5 Å². The molecular weight excluding hydrogens is 162 g/mol. The van der Waals surface area contributed by atoms with E-state index in [2.05, 4.69) is 20.8 Å². The van der Waals surface area contributed by atoms with Crippen molar-refractivity contribution < 1.29 is 4.42 Å². The van der Waals surface area contributed by atoms with Crippen molar-refractivity contribution in [2.24, 2.45) is 11.1 Å². The molecule has 0 aliphatic rings. The van der Waals surface area contributed by atoms with Gasteiger partial charge in [-0.25, -0.2) is 0 Å². The Bertz CT molecular complexity index is 257. The third-order valence-electron chi connectivity index (χ3n) is 2.00. The van der Waals surface area contributed by atoms with Crippen LogP contribution in [0.15, 0.2) is 16.5 Å². The zero-order valence-electron chi connectivity index (χ0n) is 8.22. The summed E-state index contributed by atoms with van der Waals surface area (Å²) in [6, 6.07) is 3.87. The molecule has 0 aromatic carbocycles. The molecule has 0 aliphatic carbocycles. The molecule has 0 amide bonds. The van der Waals surface area contributed by atoms with Crippen LogP contribution in [-0.4, -0.2) is 0 Å². The summed E-state index contributed by atoms with van der Waals surface area (Å²) in [7, 11) is 0. The molecule has 0 radical (unpaired) electrons. The Morgan fingerprint density at radius 3 is 2.15 bits per heavy atom. The lowest BCUT2D eigenvalue weighted by atomic mass is 9.86. The van der Waals surface area contributed by atoms with Crippen LogP contribution in [0.4, 0.5) is 0 Å². The van der Waals surface area contributed by atoms with Gasteiger partial charge in [0.2, 0.25) is 0 Å². The van der Waals surface area contributed by atoms with E-state index in [9.17, 15) is 0 Å². The van der Waals surface area contributed by atoms with Crippen molar-refractivity contribution in [2.75, 3.05) is 0 Å². The van der Waals surface area contributed by atoms with Gasteiger partial charge in [-0.1, -0.05) is 28.2 Å². The second-order valence-electron chi connectivity index (χ2n) is 4.29. The maximum Gasteiger partial charge on any atom is 0.121 e. The minimum absolute atomic E-state index is 0. The first-order chi connectivity index (χ1) is 5.41. The summed E-state index contributed by atoms with van der Waals surface area (Å²) >= 11 is 0. The molecule has 13 heavy (non-hydrogen) atoms. The summed E-state index contributed by atoms with van der Waals surface area (Å²) in [4.78, 5) is 0. The third kappa shape index (κ3) is 2.88. The number of nitrogens with two attached hydrogens (primary N) is 1. The number of aryl methyl sites for hydroxylation is 1. The van der Waals surface area contributed by atoms with Gasteiger partial charge in [0.05, 0.1) is 6.04 Å². The van der Waals surface area contributed by atoms with Crippen LogP contribution < -0.4 is 5.73 Å². The smallest absolute Gasteiger partial charge is 0.121 e. The molecule has 1 aromatic rings. The number of hydrogen-bond acceptors (Lipinski definition) is 2. The molecule has 0 bridgehead atoms. The first kappa shape index (κ1) is 12.2. The number of furan rings is 1. The first-order valence-electron chi connectivity index (χ1n) is 4.23. The molecule has 0 aliphatic heterocycles. The molecule has 0 fully saturated rings. The standard InChI is InChI=1S/C10H17NO.CH4/c1-7-5-6-8(12-7)9(11)10(2,3)4;/h5-6,9H,11H2,1-4H3;1H4/t9-;/m0./s1. The van der Waals surface area contributed by atoms with Crippen LogP contribution in [-0.2, 0) is 0 Å². The Labute approximate surface area is 81.1 Å². The number of rotatable bonds is 1. The van der Waals surface area contributed by atoms with Crippen molar-refractivity contribution in [3.05, 3.63) is 23.7 Å². The summed E-state index contributed by atoms with van der Waals surface area (Å²) < 4.78 is 5.45. The van der Waals surface area contributed by atoms with Crippen LogP contribution in [0.2, 0.25) is 0 Å². The third-order valence-corrected chi connectivity index (χ3v) is 2.00. The summed E-state index contributed by atoms with van der Waals surface area (Å²) in [5.74, 6) is 1.80. The van der Waals surface area contributed by atoms with E-state index < -0.39 is 0 Å². The zero-order chi connectivity index (χ0) is 9.35. The minimum Gasteiger partial charge on any atom is -0.465 e. The van der Waals surface area contributed by atoms with Crippen LogP contribution in [0.25, 0.3) is 0 Å². The van der Waals surface area contributed by atoms with E-state index in [1.165, 1.54) is 0 Å². The van der Waals surface area contributed by atoms with Crippen LogP contribution in [0, 0.1) is 12.3 Å². The Morgan fingerprint density at radius 2 is 1.85 bits per heavy atom. The highest BCUT2D eigenvalue weighted by Gasteiger charge is 2.24. The van der Waals surface area contributed by atoms with Crippen LogP contribution in [0.5, 0.6) is 0 Å². The normalized spacial score (nSPS) is 13.6. The molecule has 0 saturated carbocycles. The van der Waals surface area contributed by atoms with Crippen LogP contribution >= 0.6 is 0 Å². The predicted molar refractivity (Wildman–Crippen MR) is 56.6 cm³/mol. The van der Waals surface area contributed by atoms with Gasteiger partial charge < -0.3 is 10.2 Å². The molecule has 0 spiro atoms. The zero-order valence-corrected chi connectivity index (χ0v) is 8.22. The fourth-order valence-electron chi connectivity index (χ4n) is 1.05. The van der Waals surface area contributed by atoms with Gasteiger partial charge in [0.25, 0.3) is 0 Å². The highest BCUT2D eigenvalue weighted by molar-refractivity contribution is 5.11. The molecule has 76 valence electrons. The fourth-order valence-corrected chi connectivity index (χ4v) is 1.05. The molecule has 1 atom stereocenters. The highest BCUT2D eigenvalue weighted by atomic mass is 16.3. The molecule has 2 nitrogen and oxygen atoms in total. The summed E-state index contributed by atoms with van der Waals surface area (Å²) in [5, 5.41) is 0. The SMILES string of the molecule is C.Cc1ccc([C@H](N)C(C)(C)C)o1. The second kappa shape index (κ2) is 3.97. The van der Waals surface area contributed by atoms with Crippen molar-refractivity contribution in [1.29, 1.82) is 0 Å². The van der Waals surface area contributed by atoms with Gasteiger partial charge in [0, 0.05) is 0 Å². The van der Waals surface area contributed by atoms with E-state index in [1.807, 2.05) is 19.1 Å². The second-order valence-corrected chi connectivity index (χ2v) is 4.29. The monoisotopic (exact) mass is 183 g/mol. The summed E-state index contributed by atoms with van der Waals surface area (Å²) in [6.07, 6.45) is 0. The molecule has 0 unspecified atom stereocenters. The van der Waals surface area contributed by atoms with Gasteiger partial charge in [-0.15, -0.1) is 0 Å². The van der Waals surface area contributed by atoms with Gasteiger partial charge in [-0.05, 0) is 24.5 Å². The largest absolute Gasteiger partial charge is 0.465 e. The van der Waals surface area contributed by atoms with E-state index in [-0.39, 0.29) is 18.9 Å². The van der Waals surface area contributed by atoms with E-state index >= 15 is 0 Å². The Balaban J connectivity index is 0.00000144.